The van der Waals surface area contributed by atoms with Gasteiger partial charge in [0.15, 0.2) is 0 Å². The van der Waals surface area contributed by atoms with E-state index in [0.717, 1.165) is 49.6 Å². The quantitative estimate of drug-likeness (QED) is 0.846. The third kappa shape index (κ3) is 4.16. The van der Waals surface area contributed by atoms with Crippen molar-refractivity contribution in [2.24, 2.45) is 0 Å². The summed E-state index contributed by atoms with van der Waals surface area (Å²) in [5.41, 5.74) is 3.12. The van der Waals surface area contributed by atoms with E-state index in [2.05, 4.69) is 35.3 Å². The largest absolute Gasteiger partial charge is 0.370 e. The number of anilines is 1. The van der Waals surface area contributed by atoms with Crippen LogP contribution in [0.4, 0.5) is 5.69 Å². The Balaban J connectivity index is 2.10. The Kier molecular flexibility index (Phi) is 6.23. The van der Waals surface area contributed by atoms with E-state index in [1.165, 1.54) is 17.7 Å². The molecule has 1 saturated heterocycles. The summed E-state index contributed by atoms with van der Waals surface area (Å²) in [7, 11) is 0. The smallest absolute Gasteiger partial charge is 0.101 e. The molecule has 20 heavy (non-hydrogen) atoms. The van der Waals surface area contributed by atoms with Gasteiger partial charge in [-0.25, -0.2) is 0 Å². The second-order valence-electron chi connectivity index (χ2n) is 5.09. The molecule has 0 aromatic heterocycles. The number of nitrogens with one attached hydrogen (secondary N) is 1. The number of nitriles is 1. The van der Waals surface area contributed by atoms with E-state index in [-0.39, 0.29) is 0 Å². The minimum atomic E-state index is 0.813. The lowest BCUT2D eigenvalue weighted by Crippen LogP contribution is -2.26. The molecule has 0 amide bonds. The van der Waals surface area contributed by atoms with Crippen LogP contribution in [0.25, 0.3) is 0 Å². The van der Waals surface area contributed by atoms with Crippen LogP contribution in [0, 0.1) is 11.3 Å². The van der Waals surface area contributed by atoms with Crippen LogP contribution in [0.15, 0.2) is 18.2 Å². The van der Waals surface area contributed by atoms with Gasteiger partial charge in [-0.15, -0.1) is 0 Å². The average molecular weight is 289 g/mol. The third-order valence-corrected chi connectivity index (χ3v) is 4.55. The number of nitrogens with zero attached hydrogens (tertiary/aromatic N) is 2. The zero-order chi connectivity index (χ0) is 14.2. The SMILES string of the molecule is CCCNCc1ccc(N2CCCSCC2)c(C#N)c1. The maximum absolute atomic E-state index is 9.41. The lowest BCUT2D eigenvalue weighted by Gasteiger charge is -2.23. The first-order chi connectivity index (χ1) is 9.85. The third-order valence-electron chi connectivity index (χ3n) is 3.50. The van der Waals surface area contributed by atoms with Crippen molar-refractivity contribution in [3.05, 3.63) is 29.3 Å². The lowest BCUT2D eigenvalue weighted by molar-refractivity contribution is 0.675. The fraction of sp³-hybridized carbons (Fsp3) is 0.562. The van der Waals surface area contributed by atoms with Gasteiger partial charge in [-0.2, -0.15) is 17.0 Å². The summed E-state index contributed by atoms with van der Waals surface area (Å²) in [4.78, 5) is 2.36. The van der Waals surface area contributed by atoms with Crippen molar-refractivity contribution in [2.75, 3.05) is 36.0 Å². The standard InChI is InChI=1S/C16H23N3S/c1-2-6-18-13-14-4-5-16(15(11-14)12-17)19-7-3-9-20-10-8-19/h4-5,11,18H,2-3,6-10,13H2,1H3. The van der Waals surface area contributed by atoms with Crippen LogP contribution in [0.3, 0.4) is 0 Å². The van der Waals surface area contributed by atoms with Crippen LogP contribution in [0.2, 0.25) is 0 Å². The lowest BCUT2D eigenvalue weighted by atomic mass is 10.1. The molecule has 0 atom stereocenters. The van der Waals surface area contributed by atoms with E-state index >= 15 is 0 Å². The Morgan fingerprint density at radius 1 is 1.35 bits per heavy atom. The van der Waals surface area contributed by atoms with Gasteiger partial charge in [-0.1, -0.05) is 13.0 Å². The fourth-order valence-corrected chi connectivity index (χ4v) is 3.34. The number of benzene rings is 1. The molecule has 0 bridgehead atoms. The minimum absolute atomic E-state index is 0.813. The molecule has 1 N–H and O–H groups in total. The Labute approximate surface area is 126 Å². The first kappa shape index (κ1) is 15.2. The monoisotopic (exact) mass is 289 g/mol. The van der Waals surface area contributed by atoms with E-state index in [9.17, 15) is 5.26 Å². The Hall–Kier alpha value is -1.18. The second kappa shape index (κ2) is 8.18. The van der Waals surface area contributed by atoms with E-state index < -0.39 is 0 Å². The van der Waals surface area contributed by atoms with Gasteiger partial charge >= 0.3 is 0 Å². The normalized spacial score (nSPS) is 15.7. The van der Waals surface area contributed by atoms with E-state index in [4.69, 9.17) is 0 Å². The van der Waals surface area contributed by atoms with Crippen molar-refractivity contribution < 1.29 is 0 Å². The Morgan fingerprint density at radius 2 is 2.25 bits per heavy atom. The first-order valence-corrected chi connectivity index (χ1v) is 8.57. The summed E-state index contributed by atoms with van der Waals surface area (Å²) < 4.78 is 0. The molecular weight excluding hydrogens is 266 g/mol. The summed E-state index contributed by atoms with van der Waals surface area (Å²) in [6.45, 7) is 6.14. The Morgan fingerprint density at radius 3 is 3.05 bits per heavy atom. The van der Waals surface area contributed by atoms with Gasteiger partial charge in [0.2, 0.25) is 0 Å². The molecule has 3 nitrogen and oxygen atoms in total. The molecule has 0 unspecified atom stereocenters. The van der Waals surface area contributed by atoms with Crippen LogP contribution in [-0.2, 0) is 6.54 Å². The van der Waals surface area contributed by atoms with Crippen LogP contribution in [0.1, 0.15) is 30.9 Å². The highest BCUT2D eigenvalue weighted by Crippen LogP contribution is 2.24. The number of thioether (sulfide) groups is 1. The van der Waals surface area contributed by atoms with Gasteiger partial charge < -0.3 is 10.2 Å². The summed E-state index contributed by atoms with van der Waals surface area (Å²) in [5, 5.41) is 12.8. The molecule has 0 radical (unpaired) electrons. The van der Waals surface area contributed by atoms with Gasteiger partial charge in [-0.05, 0) is 42.8 Å². The highest BCUT2D eigenvalue weighted by atomic mass is 32.2. The molecule has 0 aliphatic carbocycles. The van der Waals surface area contributed by atoms with Gasteiger partial charge in [0.25, 0.3) is 0 Å². The van der Waals surface area contributed by atoms with Crippen LogP contribution in [-0.4, -0.2) is 31.1 Å². The maximum Gasteiger partial charge on any atom is 0.101 e. The maximum atomic E-state index is 9.41. The van der Waals surface area contributed by atoms with Crippen molar-refractivity contribution >= 4 is 17.4 Å². The topological polar surface area (TPSA) is 39.1 Å². The molecule has 4 heteroatoms. The van der Waals surface area contributed by atoms with Crippen molar-refractivity contribution in [1.29, 1.82) is 5.26 Å². The molecule has 1 fully saturated rings. The van der Waals surface area contributed by atoms with Crippen molar-refractivity contribution in [3.63, 3.8) is 0 Å². The van der Waals surface area contributed by atoms with Crippen LogP contribution >= 0.6 is 11.8 Å². The molecule has 1 aliphatic heterocycles. The van der Waals surface area contributed by atoms with Crippen molar-refractivity contribution in [3.8, 4) is 6.07 Å². The number of hydrogen-bond donors (Lipinski definition) is 1. The Bertz CT molecular complexity index is 459. The highest BCUT2D eigenvalue weighted by Gasteiger charge is 2.14. The first-order valence-electron chi connectivity index (χ1n) is 7.41. The second-order valence-corrected chi connectivity index (χ2v) is 6.32. The number of hydrogen-bond acceptors (Lipinski definition) is 4. The molecule has 108 valence electrons. The molecule has 1 aromatic carbocycles. The minimum Gasteiger partial charge on any atom is -0.370 e. The molecule has 1 aromatic rings. The number of rotatable bonds is 5. The molecule has 1 heterocycles. The van der Waals surface area contributed by atoms with E-state index in [1.54, 1.807) is 0 Å². The predicted molar refractivity (Wildman–Crippen MR) is 87.3 cm³/mol. The zero-order valence-corrected chi connectivity index (χ0v) is 13.0. The van der Waals surface area contributed by atoms with E-state index in [0.29, 0.717) is 0 Å². The van der Waals surface area contributed by atoms with Gasteiger partial charge in [-0.3, -0.25) is 0 Å². The summed E-state index contributed by atoms with van der Waals surface area (Å²) >= 11 is 2.01. The van der Waals surface area contributed by atoms with Gasteiger partial charge in [0.05, 0.1) is 11.3 Å². The average Bonchev–Trinajstić information content (AvgIpc) is 2.76. The van der Waals surface area contributed by atoms with Crippen molar-refractivity contribution in [1.82, 2.24) is 5.32 Å². The molecule has 2 rings (SSSR count). The summed E-state index contributed by atoms with van der Waals surface area (Å²) in [5.74, 6) is 2.39. The fourth-order valence-electron chi connectivity index (χ4n) is 2.45. The molecule has 1 aliphatic rings. The van der Waals surface area contributed by atoms with Crippen molar-refractivity contribution in [2.45, 2.75) is 26.3 Å². The summed E-state index contributed by atoms with van der Waals surface area (Å²) in [6.07, 6.45) is 2.34. The molecular formula is C16H23N3S. The summed E-state index contributed by atoms with van der Waals surface area (Å²) in [6, 6.07) is 8.68. The van der Waals surface area contributed by atoms with Gasteiger partial charge in [0, 0.05) is 25.4 Å². The van der Waals surface area contributed by atoms with Gasteiger partial charge in [0.1, 0.15) is 6.07 Å². The molecule has 0 spiro atoms. The zero-order valence-electron chi connectivity index (χ0n) is 12.2. The predicted octanol–water partition coefficient (Wildman–Crippen LogP) is 3.00. The van der Waals surface area contributed by atoms with E-state index in [1.807, 2.05) is 17.8 Å². The van der Waals surface area contributed by atoms with Crippen LogP contribution in [0.5, 0.6) is 0 Å². The van der Waals surface area contributed by atoms with Crippen LogP contribution < -0.4 is 10.2 Å². The highest BCUT2D eigenvalue weighted by molar-refractivity contribution is 7.99. The molecule has 0 saturated carbocycles.